The molecule has 1 aromatic carbocycles. The number of nitrogens with zero attached hydrogens (tertiary/aromatic N) is 1. The molecule has 0 radical (unpaired) electrons. The number of hydrogen-bond donors (Lipinski definition) is 1. The van der Waals surface area contributed by atoms with Crippen LogP contribution in [0.1, 0.15) is 12.2 Å². The number of hydrogen-bond acceptors (Lipinski definition) is 4. The first-order valence-electron chi connectivity index (χ1n) is 7.47. The fraction of sp³-hybridized carbons (Fsp3) is 0.412. The second-order valence-corrected chi connectivity index (χ2v) is 5.51. The minimum atomic E-state index is 0.686. The number of benzene rings is 1. The summed E-state index contributed by atoms with van der Waals surface area (Å²) in [5.74, 6) is 2.61. The van der Waals surface area contributed by atoms with Gasteiger partial charge < -0.3 is 19.4 Å². The summed E-state index contributed by atoms with van der Waals surface area (Å²) in [5.41, 5.74) is 1.25. The summed E-state index contributed by atoms with van der Waals surface area (Å²) in [6.07, 6.45) is 2.94. The van der Waals surface area contributed by atoms with Crippen molar-refractivity contribution < 1.29 is 9.15 Å². The molecule has 4 nitrogen and oxygen atoms in total. The molecule has 1 fully saturated rings. The maximum Gasteiger partial charge on any atom is 0.120 e. The standard InChI is InChI=1S/C17H22N2O2/c1-20-16-5-2-4-15(10-16)19-8-7-14(13-19)11-18-12-17-6-3-9-21-17/h2-6,9-10,14,18H,7-8,11-13H2,1H3/t14-/m1/s1. The van der Waals surface area contributed by atoms with Gasteiger partial charge in [-0.25, -0.2) is 0 Å². The number of rotatable bonds is 6. The van der Waals surface area contributed by atoms with Gasteiger partial charge in [0.25, 0.3) is 0 Å². The van der Waals surface area contributed by atoms with E-state index in [1.165, 1.54) is 12.1 Å². The fourth-order valence-electron chi connectivity index (χ4n) is 2.85. The number of ether oxygens (including phenoxy) is 1. The summed E-state index contributed by atoms with van der Waals surface area (Å²) in [6, 6.07) is 12.2. The van der Waals surface area contributed by atoms with Crippen molar-refractivity contribution in [3.8, 4) is 5.75 Å². The zero-order chi connectivity index (χ0) is 14.5. The van der Waals surface area contributed by atoms with Crippen LogP contribution in [0.15, 0.2) is 47.1 Å². The van der Waals surface area contributed by atoms with E-state index in [4.69, 9.17) is 9.15 Å². The van der Waals surface area contributed by atoms with Gasteiger partial charge in [-0.1, -0.05) is 6.07 Å². The highest BCUT2D eigenvalue weighted by atomic mass is 16.5. The van der Waals surface area contributed by atoms with Crippen LogP contribution in [0.25, 0.3) is 0 Å². The van der Waals surface area contributed by atoms with Crippen molar-refractivity contribution in [2.24, 2.45) is 5.92 Å². The smallest absolute Gasteiger partial charge is 0.120 e. The predicted molar refractivity (Wildman–Crippen MR) is 83.7 cm³/mol. The summed E-state index contributed by atoms with van der Waals surface area (Å²) >= 11 is 0. The molecule has 1 atom stereocenters. The monoisotopic (exact) mass is 286 g/mol. The molecule has 1 aliphatic rings. The van der Waals surface area contributed by atoms with Crippen LogP contribution in [0.2, 0.25) is 0 Å². The van der Waals surface area contributed by atoms with Gasteiger partial charge in [-0.3, -0.25) is 0 Å². The van der Waals surface area contributed by atoms with E-state index in [0.29, 0.717) is 5.92 Å². The van der Waals surface area contributed by atoms with Crippen molar-refractivity contribution in [3.05, 3.63) is 48.4 Å². The number of methoxy groups -OCH3 is 1. The zero-order valence-electron chi connectivity index (χ0n) is 12.4. The Morgan fingerprint density at radius 3 is 3.10 bits per heavy atom. The Balaban J connectivity index is 1.48. The van der Waals surface area contributed by atoms with E-state index in [1.807, 2.05) is 18.2 Å². The summed E-state index contributed by atoms with van der Waals surface area (Å²) < 4.78 is 10.6. The third kappa shape index (κ3) is 3.58. The van der Waals surface area contributed by atoms with Crippen molar-refractivity contribution in [1.29, 1.82) is 0 Å². The predicted octanol–water partition coefficient (Wildman–Crippen LogP) is 2.90. The van der Waals surface area contributed by atoms with Crippen LogP contribution in [-0.2, 0) is 6.54 Å². The Kier molecular flexibility index (Phi) is 4.46. The second-order valence-electron chi connectivity index (χ2n) is 5.51. The van der Waals surface area contributed by atoms with E-state index in [2.05, 4.69) is 28.4 Å². The van der Waals surface area contributed by atoms with Gasteiger partial charge in [0.2, 0.25) is 0 Å². The molecule has 3 rings (SSSR count). The van der Waals surface area contributed by atoms with Crippen LogP contribution in [0.4, 0.5) is 5.69 Å². The van der Waals surface area contributed by atoms with Gasteiger partial charge in [-0.05, 0) is 36.6 Å². The Bertz CT molecular complexity index is 554. The lowest BCUT2D eigenvalue weighted by Crippen LogP contribution is -2.26. The van der Waals surface area contributed by atoms with E-state index in [0.717, 1.165) is 37.7 Å². The lowest BCUT2D eigenvalue weighted by Gasteiger charge is -2.19. The van der Waals surface area contributed by atoms with Crippen molar-refractivity contribution in [3.63, 3.8) is 0 Å². The van der Waals surface area contributed by atoms with Crippen LogP contribution in [0.3, 0.4) is 0 Å². The molecule has 0 amide bonds. The Morgan fingerprint density at radius 2 is 2.29 bits per heavy atom. The number of anilines is 1. The number of nitrogens with one attached hydrogen (secondary N) is 1. The maximum absolute atomic E-state index is 5.33. The van der Waals surface area contributed by atoms with Crippen molar-refractivity contribution in [2.45, 2.75) is 13.0 Å². The molecule has 1 saturated heterocycles. The Hall–Kier alpha value is -1.94. The maximum atomic E-state index is 5.33. The molecule has 1 N–H and O–H groups in total. The molecule has 0 aliphatic carbocycles. The highest BCUT2D eigenvalue weighted by Crippen LogP contribution is 2.26. The van der Waals surface area contributed by atoms with E-state index in [1.54, 1.807) is 13.4 Å². The minimum absolute atomic E-state index is 0.686. The fourth-order valence-corrected chi connectivity index (χ4v) is 2.85. The van der Waals surface area contributed by atoms with E-state index in [-0.39, 0.29) is 0 Å². The SMILES string of the molecule is COc1cccc(N2CC[C@H](CNCc3ccco3)C2)c1. The third-order valence-corrected chi connectivity index (χ3v) is 4.02. The normalized spacial score (nSPS) is 18.1. The van der Waals surface area contributed by atoms with Gasteiger partial charge in [0.05, 0.1) is 19.9 Å². The summed E-state index contributed by atoms with van der Waals surface area (Å²) in [4.78, 5) is 2.43. The van der Waals surface area contributed by atoms with Crippen LogP contribution < -0.4 is 15.0 Å². The van der Waals surface area contributed by atoms with Gasteiger partial charge in [0.1, 0.15) is 11.5 Å². The highest BCUT2D eigenvalue weighted by molar-refractivity contribution is 5.51. The van der Waals surface area contributed by atoms with Gasteiger partial charge in [0.15, 0.2) is 0 Å². The van der Waals surface area contributed by atoms with Gasteiger partial charge >= 0.3 is 0 Å². The van der Waals surface area contributed by atoms with Crippen molar-refractivity contribution in [1.82, 2.24) is 5.32 Å². The van der Waals surface area contributed by atoms with Crippen LogP contribution in [0.5, 0.6) is 5.75 Å². The van der Waals surface area contributed by atoms with E-state index in [9.17, 15) is 0 Å². The third-order valence-electron chi connectivity index (χ3n) is 4.02. The Labute approximate surface area is 125 Å². The van der Waals surface area contributed by atoms with Crippen molar-refractivity contribution >= 4 is 5.69 Å². The lowest BCUT2D eigenvalue weighted by atomic mass is 10.1. The minimum Gasteiger partial charge on any atom is -0.497 e. The van der Waals surface area contributed by atoms with Gasteiger partial charge in [-0.15, -0.1) is 0 Å². The van der Waals surface area contributed by atoms with Crippen LogP contribution in [0, 0.1) is 5.92 Å². The number of furan rings is 1. The van der Waals surface area contributed by atoms with Gasteiger partial charge in [-0.2, -0.15) is 0 Å². The van der Waals surface area contributed by atoms with E-state index >= 15 is 0 Å². The second kappa shape index (κ2) is 6.68. The zero-order valence-corrected chi connectivity index (χ0v) is 12.4. The summed E-state index contributed by atoms with van der Waals surface area (Å²) in [6.45, 7) is 4.04. The largest absolute Gasteiger partial charge is 0.497 e. The highest BCUT2D eigenvalue weighted by Gasteiger charge is 2.22. The molecule has 112 valence electrons. The first-order chi connectivity index (χ1) is 10.3. The molecule has 1 aliphatic heterocycles. The summed E-state index contributed by atoms with van der Waals surface area (Å²) in [5, 5.41) is 3.48. The average molecular weight is 286 g/mol. The molecule has 2 aromatic rings. The summed E-state index contributed by atoms with van der Waals surface area (Å²) in [7, 11) is 1.71. The van der Waals surface area contributed by atoms with Crippen LogP contribution in [-0.4, -0.2) is 26.7 Å². The molecule has 0 spiro atoms. The average Bonchev–Trinajstić information content (AvgIpc) is 3.19. The molecular formula is C17H22N2O2. The molecule has 21 heavy (non-hydrogen) atoms. The topological polar surface area (TPSA) is 37.6 Å². The van der Waals surface area contributed by atoms with Crippen LogP contribution >= 0.6 is 0 Å². The quantitative estimate of drug-likeness (QED) is 0.886. The molecule has 0 saturated carbocycles. The van der Waals surface area contributed by atoms with E-state index < -0.39 is 0 Å². The molecule has 0 unspecified atom stereocenters. The Morgan fingerprint density at radius 1 is 1.33 bits per heavy atom. The van der Waals surface area contributed by atoms with Crippen molar-refractivity contribution in [2.75, 3.05) is 31.6 Å². The first kappa shape index (κ1) is 14.0. The molecular weight excluding hydrogens is 264 g/mol. The molecule has 1 aromatic heterocycles. The van der Waals surface area contributed by atoms with Gasteiger partial charge in [0, 0.05) is 31.4 Å². The molecule has 2 heterocycles. The first-order valence-corrected chi connectivity index (χ1v) is 7.47. The molecule has 0 bridgehead atoms. The molecule has 4 heteroatoms. The lowest BCUT2D eigenvalue weighted by molar-refractivity contribution is 0.415.